The quantitative estimate of drug-likeness (QED) is 0.292. The SMILES string of the molecule is CC1(C)OB(c2cc(-c3cc4ccccc4o3)cc(-c3cc4ccccc4o3)c2)OC1(C)C. The lowest BCUT2D eigenvalue weighted by molar-refractivity contribution is 0.00578. The Labute approximate surface area is 193 Å². The van der Waals surface area contributed by atoms with Crippen LogP contribution in [0.3, 0.4) is 0 Å². The van der Waals surface area contributed by atoms with E-state index in [1.807, 2.05) is 36.4 Å². The second-order valence-corrected chi connectivity index (χ2v) is 9.73. The van der Waals surface area contributed by atoms with Gasteiger partial charge < -0.3 is 18.1 Å². The summed E-state index contributed by atoms with van der Waals surface area (Å²) in [7, 11) is -0.484. The molecule has 5 aromatic rings. The zero-order chi connectivity index (χ0) is 22.8. The Hall–Kier alpha value is -3.28. The van der Waals surface area contributed by atoms with Gasteiger partial charge in [-0.15, -0.1) is 0 Å². The van der Waals surface area contributed by atoms with E-state index in [-0.39, 0.29) is 0 Å². The molecular weight excluding hydrogens is 411 g/mol. The van der Waals surface area contributed by atoms with Gasteiger partial charge in [-0.3, -0.25) is 0 Å². The molecule has 6 rings (SSSR count). The standard InChI is InChI=1S/C28H25BO4/c1-27(2)28(3,4)33-29(32-27)22-14-20(25-16-18-9-5-7-11-23(18)30-25)13-21(15-22)26-17-19-10-6-8-12-24(19)31-26/h5-17H,1-4H3. The van der Waals surface area contributed by atoms with Gasteiger partial charge in [0.15, 0.2) is 0 Å². The van der Waals surface area contributed by atoms with E-state index in [1.165, 1.54) is 0 Å². The van der Waals surface area contributed by atoms with E-state index in [2.05, 4.69) is 70.2 Å². The summed E-state index contributed by atoms with van der Waals surface area (Å²) in [5, 5.41) is 2.14. The lowest BCUT2D eigenvalue weighted by atomic mass is 9.77. The van der Waals surface area contributed by atoms with Gasteiger partial charge in [-0.1, -0.05) is 48.5 Å². The van der Waals surface area contributed by atoms with Crippen LogP contribution in [0.1, 0.15) is 27.7 Å². The number of fused-ring (bicyclic) bond motifs is 2. The van der Waals surface area contributed by atoms with Crippen LogP contribution in [-0.2, 0) is 9.31 Å². The van der Waals surface area contributed by atoms with Crippen LogP contribution in [0.25, 0.3) is 44.6 Å². The van der Waals surface area contributed by atoms with Crippen molar-refractivity contribution in [2.24, 2.45) is 0 Å². The normalized spacial score (nSPS) is 17.3. The maximum Gasteiger partial charge on any atom is 0.494 e. The molecule has 0 aliphatic carbocycles. The van der Waals surface area contributed by atoms with E-state index in [4.69, 9.17) is 18.1 Å². The van der Waals surface area contributed by atoms with Crippen molar-refractivity contribution >= 4 is 34.5 Å². The van der Waals surface area contributed by atoms with Crippen LogP contribution in [0.4, 0.5) is 0 Å². The van der Waals surface area contributed by atoms with Crippen LogP contribution in [0.5, 0.6) is 0 Å². The van der Waals surface area contributed by atoms with Crippen molar-refractivity contribution in [2.75, 3.05) is 0 Å². The smallest absolute Gasteiger partial charge is 0.456 e. The van der Waals surface area contributed by atoms with Crippen LogP contribution < -0.4 is 5.46 Å². The highest BCUT2D eigenvalue weighted by Gasteiger charge is 2.51. The predicted molar refractivity (Wildman–Crippen MR) is 133 cm³/mol. The molecule has 164 valence electrons. The minimum absolute atomic E-state index is 0.424. The Bertz CT molecular complexity index is 1320. The van der Waals surface area contributed by atoms with Gasteiger partial charge in [0.2, 0.25) is 0 Å². The fourth-order valence-electron chi connectivity index (χ4n) is 4.30. The van der Waals surface area contributed by atoms with E-state index in [9.17, 15) is 0 Å². The van der Waals surface area contributed by atoms with Gasteiger partial charge in [-0.25, -0.2) is 0 Å². The van der Waals surface area contributed by atoms with E-state index < -0.39 is 18.3 Å². The number of hydrogen-bond acceptors (Lipinski definition) is 4. The van der Waals surface area contributed by atoms with Gasteiger partial charge in [0.05, 0.1) is 11.2 Å². The summed E-state index contributed by atoms with van der Waals surface area (Å²) in [6, 6.07) is 26.5. The van der Waals surface area contributed by atoms with Crippen molar-refractivity contribution in [3.05, 3.63) is 78.9 Å². The highest BCUT2D eigenvalue weighted by Crippen LogP contribution is 2.38. The summed E-state index contributed by atoms with van der Waals surface area (Å²) in [6.45, 7) is 8.26. The van der Waals surface area contributed by atoms with Crippen molar-refractivity contribution in [3.63, 3.8) is 0 Å². The van der Waals surface area contributed by atoms with Crippen molar-refractivity contribution in [1.29, 1.82) is 0 Å². The van der Waals surface area contributed by atoms with Gasteiger partial charge in [0.1, 0.15) is 22.7 Å². The third-order valence-corrected chi connectivity index (χ3v) is 6.90. The molecule has 4 nitrogen and oxygen atoms in total. The van der Waals surface area contributed by atoms with Crippen LogP contribution in [0.2, 0.25) is 0 Å². The molecule has 0 spiro atoms. The summed E-state index contributed by atoms with van der Waals surface area (Å²) >= 11 is 0. The first-order valence-electron chi connectivity index (χ1n) is 11.3. The third-order valence-electron chi connectivity index (χ3n) is 6.90. The Morgan fingerprint density at radius 1 is 0.576 bits per heavy atom. The van der Waals surface area contributed by atoms with Gasteiger partial charge >= 0.3 is 7.12 Å². The average molecular weight is 436 g/mol. The van der Waals surface area contributed by atoms with E-state index in [0.717, 1.165) is 50.0 Å². The van der Waals surface area contributed by atoms with Crippen LogP contribution >= 0.6 is 0 Å². The van der Waals surface area contributed by atoms with Crippen LogP contribution in [-0.4, -0.2) is 18.3 Å². The number of hydrogen-bond donors (Lipinski definition) is 0. The van der Waals surface area contributed by atoms with Crippen LogP contribution in [0, 0.1) is 0 Å². The number of furan rings is 2. The molecule has 2 aromatic heterocycles. The Morgan fingerprint density at radius 2 is 1.03 bits per heavy atom. The minimum Gasteiger partial charge on any atom is -0.456 e. The third kappa shape index (κ3) is 3.40. The van der Waals surface area contributed by atoms with E-state index >= 15 is 0 Å². The molecule has 1 saturated heterocycles. The van der Waals surface area contributed by atoms with E-state index in [1.54, 1.807) is 0 Å². The molecule has 3 heterocycles. The summed E-state index contributed by atoms with van der Waals surface area (Å²) in [4.78, 5) is 0. The minimum atomic E-state index is -0.484. The second kappa shape index (κ2) is 7.11. The molecule has 1 aliphatic rings. The van der Waals surface area contributed by atoms with Gasteiger partial charge in [0.25, 0.3) is 0 Å². The fraction of sp³-hybridized carbons (Fsp3) is 0.214. The van der Waals surface area contributed by atoms with E-state index in [0.29, 0.717) is 0 Å². The zero-order valence-corrected chi connectivity index (χ0v) is 19.2. The Balaban J connectivity index is 1.52. The average Bonchev–Trinajstić information content (AvgIpc) is 3.47. The van der Waals surface area contributed by atoms with Crippen molar-refractivity contribution < 1.29 is 18.1 Å². The summed E-state index contributed by atoms with van der Waals surface area (Å²) < 4.78 is 25.1. The molecule has 0 radical (unpaired) electrons. The molecule has 5 heteroatoms. The van der Waals surface area contributed by atoms with Crippen molar-refractivity contribution in [3.8, 4) is 22.6 Å². The lowest BCUT2D eigenvalue weighted by Gasteiger charge is -2.32. The highest BCUT2D eigenvalue weighted by molar-refractivity contribution is 6.62. The maximum atomic E-state index is 6.37. The Kier molecular flexibility index (Phi) is 4.38. The molecule has 3 aromatic carbocycles. The molecule has 0 atom stereocenters. The summed E-state index contributed by atoms with van der Waals surface area (Å²) in [6.07, 6.45) is 0. The number of para-hydroxylation sites is 2. The molecule has 0 N–H and O–H groups in total. The monoisotopic (exact) mass is 436 g/mol. The predicted octanol–water partition coefficient (Wildman–Crippen LogP) is 6.81. The van der Waals surface area contributed by atoms with Crippen molar-refractivity contribution in [2.45, 2.75) is 38.9 Å². The first-order valence-corrected chi connectivity index (χ1v) is 11.3. The topological polar surface area (TPSA) is 44.7 Å². The number of benzene rings is 3. The molecule has 0 bridgehead atoms. The summed E-state index contributed by atoms with van der Waals surface area (Å²) in [5.74, 6) is 1.60. The fourth-order valence-corrected chi connectivity index (χ4v) is 4.30. The molecule has 0 unspecified atom stereocenters. The van der Waals surface area contributed by atoms with Gasteiger partial charge in [-0.05, 0) is 63.5 Å². The molecule has 33 heavy (non-hydrogen) atoms. The summed E-state index contributed by atoms with van der Waals surface area (Å²) in [5.41, 5.74) is 3.71. The first kappa shape index (κ1) is 20.3. The first-order chi connectivity index (χ1) is 15.8. The molecule has 0 amide bonds. The largest absolute Gasteiger partial charge is 0.494 e. The highest BCUT2D eigenvalue weighted by atomic mass is 16.7. The molecule has 1 fully saturated rings. The van der Waals surface area contributed by atoms with Gasteiger partial charge in [0, 0.05) is 21.9 Å². The molecule has 1 aliphatic heterocycles. The number of rotatable bonds is 3. The van der Waals surface area contributed by atoms with Crippen molar-refractivity contribution in [1.82, 2.24) is 0 Å². The molecular formula is C28H25BO4. The van der Waals surface area contributed by atoms with Crippen LogP contribution in [0.15, 0.2) is 87.7 Å². The Morgan fingerprint density at radius 3 is 1.48 bits per heavy atom. The molecule has 0 saturated carbocycles. The second-order valence-electron chi connectivity index (χ2n) is 9.73. The zero-order valence-electron chi connectivity index (χ0n) is 19.2. The lowest BCUT2D eigenvalue weighted by Crippen LogP contribution is -2.41. The van der Waals surface area contributed by atoms with Gasteiger partial charge in [-0.2, -0.15) is 0 Å². The maximum absolute atomic E-state index is 6.37.